The van der Waals surface area contributed by atoms with Crippen LogP contribution in [0.4, 0.5) is 0 Å². The third kappa shape index (κ3) is 13.4. The van der Waals surface area contributed by atoms with E-state index in [0.29, 0.717) is 25.6 Å². The Balaban J connectivity index is 3.26. The summed E-state index contributed by atoms with van der Waals surface area (Å²) in [6.07, 6.45) is 2.94. The molecule has 5 nitrogen and oxygen atoms in total. The van der Waals surface area contributed by atoms with Gasteiger partial charge in [0, 0.05) is 25.6 Å². The Labute approximate surface area is 91.8 Å². The van der Waals surface area contributed by atoms with Crippen LogP contribution in [0.5, 0.6) is 0 Å². The summed E-state index contributed by atoms with van der Waals surface area (Å²) in [6, 6.07) is 0. The number of nitrogens with zero attached hydrogens (tertiary/aromatic N) is 1. The van der Waals surface area contributed by atoms with Crippen LogP contribution in [0, 0.1) is 5.92 Å². The largest absolute Gasteiger partial charge is 0.395 e. The maximum absolute atomic E-state index is 10.7. The number of nitrogens with one attached hydrogen (secondary N) is 1. The van der Waals surface area contributed by atoms with E-state index in [4.69, 9.17) is 4.84 Å². The fourth-order valence-corrected chi connectivity index (χ4v) is 1.23. The summed E-state index contributed by atoms with van der Waals surface area (Å²) in [6.45, 7) is 5.53. The third-order valence-electron chi connectivity index (χ3n) is 1.45. The van der Waals surface area contributed by atoms with Crippen LogP contribution in [0.3, 0.4) is 0 Å². The van der Waals surface area contributed by atoms with Gasteiger partial charge >= 0.3 is 0 Å². The molecule has 0 heterocycles. The van der Waals surface area contributed by atoms with Gasteiger partial charge in [0.2, 0.25) is 0 Å². The van der Waals surface area contributed by atoms with Crippen molar-refractivity contribution in [2.24, 2.45) is 11.1 Å². The van der Waals surface area contributed by atoms with E-state index >= 15 is 0 Å². The van der Waals surface area contributed by atoms with Crippen molar-refractivity contribution in [1.82, 2.24) is 5.32 Å². The minimum Gasteiger partial charge on any atom is -0.395 e. The first-order valence-electron chi connectivity index (χ1n) is 4.95. The van der Waals surface area contributed by atoms with Gasteiger partial charge in [0.1, 0.15) is 16.4 Å². The fourth-order valence-electron chi connectivity index (χ4n) is 0.718. The van der Waals surface area contributed by atoms with Crippen LogP contribution in [0.2, 0.25) is 0 Å². The molecule has 0 amide bonds. The van der Waals surface area contributed by atoms with Crippen molar-refractivity contribution in [3.05, 3.63) is 0 Å². The average Bonchev–Trinajstić information content (AvgIpc) is 2.07. The zero-order valence-corrected chi connectivity index (χ0v) is 10.4. The molecule has 0 saturated carbocycles. The van der Waals surface area contributed by atoms with Crippen molar-refractivity contribution in [3.8, 4) is 0 Å². The molecule has 0 rings (SSSR count). The van der Waals surface area contributed by atoms with Crippen LogP contribution in [-0.4, -0.2) is 46.3 Å². The highest BCUT2D eigenvalue weighted by atomic mass is 32.2. The van der Waals surface area contributed by atoms with E-state index in [2.05, 4.69) is 10.5 Å². The van der Waals surface area contributed by atoms with Crippen LogP contribution in [-0.2, 0) is 14.7 Å². The summed E-state index contributed by atoms with van der Waals surface area (Å²) in [4.78, 5) is 4.93. The first-order valence-corrected chi connectivity index (χ1v) is 7.02. The normalized spacial score (nSPS) is 12.5. The second-order valence-corrected chi connectivity index (χ2v) is 5.97. The molecule has 0 saturated heterocycles. The summed E-state index contributed by atoms with van der Waals surface area (Å²) >= 11 is 0. The molecule has 0 bridgehead atoms. The molecule has 0 aromatic heterocycles. The van der Waals surface area contributed by atoms with Gasteiger partial charge in [-0.3, -0.25) is 0 Å². The molecular formula is C9H20N2O3S. The highest BCUT2D eigenvalue weighted by molar-refractivity contribution is 7.90. The molecule has 15 heavy (non-hydrogen) atoms. The molecular weight excluding hydrogens is 216 g/mol. The van der Waals surface area contributed by atoms with Crippen LogP contribution >= 0.6 is 0 Å². The lowest BCUT2D eigenvalue weighted by Gasteiger charge is -2.02. The minimum atomic E-state index is -2.87. The predicted molar refractivity (Wildman–Crippen MR) is 61.9 cm³/mol. The highest BCUT2D eigenvalue weighted by Gasteiger charge is 1.99. The summed E-state index contributed by atoms with van der Waals surface area (Å²) in [5.41, 5.74) is 0. The van der Waals surface area contributed by atoms with Crippen molar-refractivity contribution in [2.75, 3.05) is 31.7 Å². The Hall–Kier alpha value is -0.620. The molecule has 0 aromatic rings. The van der Waals surface area contributed by atoms with Gasteiger partial charge in [-0.1, -0.05) is 19.0 Å². The summed E-state index contributed by atoms with van der Waals surface area (Å²) in [5, 5.41) is 6.69. The van der Waals surface area contributed by atoms with Crippen molar-refractivity contribution in [1.29, 1.82) is 0 Å². The zero-order chi connectivity index (χ0) is 11.7. The molecule has 0 spiro atoms. The van der Waals surface area contributed by atoms with Gasteiger partial charge in [0.25, 0.3) is 0 Å². The lowest BCUT2D eigenvalue weighted by atomic mass is 10.3. The van der Waals surface area contributed by atoms with E-state index in [-0.39, 0.29) is 5.75 Å². The lowest BCUT2D eigenvalue weighted by Crippen LogP contribution is -2.25. The Morgan fingerprint density at radius 1 is 1.40 bits per heavy atom. The smallest absolute Gasteiger partial charge is 0.148 e. The lowest BCUT2D eigenvalue weighted by molar-refractivity contribution is 0.147. The second kappa shape index (κ2) is 7.64. The number of rotatable bonds is 8. The van der Waals surface area contributed by atoms with Crippen molar-refractivity contribution in [3.63, 3.8) is 0 Å². The Bertz CT molecular complexity index is 273. The SMILES string of the molecule is CC(C)/C=N/OCCNCCS(C)(=O)=O. The topological polar surface area (TPSA) is 67.8 Å². The van der Waals surface area contributed by atoms with Crippen molar-refractivity contribution < 1.29 is 13.3 Å². The zero-order valence-electron chi connectivity index (χ0n) is 9.56. The Kier molecular flexibility index (Phi) is 7.33. The van der Waals surface area contributed by atoms with Gasteiger partial charge in [-0.05, 0) is 5.92 Å². The number of sulfone groups is 1. The van der Waals surface area contributed by atoms with Gasteiger partial charge in [-0.25, -0.2) is 8.42 Å². The number of hydrogen-bond acceptors (Lipinski definition) is 5. The quantitative estimate of drug-likeness (QED) is 0.373. The van der Waals surface area contributed by atoms with Crippen molar-refractivity contribution >= 4 is 16.1 Å². The standard InChI is InChI=1S/C9H20N2O3S/c1-9(2)8-11-14-6-4-10-5-7-15(3,12)13/h8-10H,4-7H2,1-3H3/b11-8+. The van der Waals surface area contributed by atoms with Gasteiger partial charge in [-0.2, -0.15) is 0 Å². The van der Waals surface area contributed by atoms with Crippen LogP contribution in [0.25, 0.3) is 0 Å². The molecule has 0 fully saturated rings. The third-order valence-corrected chi connectivity index (χ3v) is 2.40. The molecule has 0 radical (unpaired) electrons. The maximum atomic E-state index is 10.7. The Morgan fingerprint density at radius 3 is 2.60 bits per heavy atom. The Morgan fingerprint density at radius 2 is 2.07 bits per heavy atom. The highest BCUT2D eigenvalue weighted by Crippen LogP contribution is 1.85. The summed E-state index contributed by atoms with van der Waals surface area (Å²) in [7, 11) is -2.87. The van der Waals surface area contributed by atoms with Gasteiger partial charge in [-0.15, -0.1) is 0 Å². The molecule has 1 N–H and O–H groups in total. The van der Waals surface area contributed by atoms with E-state index in [0.717, 1.165) is 0 Å². The first kappa shape index (κ1) is 14.4. The van der Waals surface area contributed by atoms with Crippen LogP contribution < -0.4 is 5.32 Å². The number of hydrogen-bond donors (Lipinski definition) is 1. The molecule has 0 aliphatic carbocycles. The summed E-state index contributed by atoms with van der Waals surface area (Å²) in [5.74, 6) is 0.533. The van der Waals surface area contributed by atoms with Gasteiger partial charge in [0.15, 0.2) is 0 Å². The molecule has 0 aliphatic heterocycles. The first-order chi connectivity index (χ1) is 6.92. The second-order valence-electron chi connectivity index (χ2n) is 3.71. The van der Waals surface area contributed by atoms with E-state index in [1.54, 1.807) is 6.21 Å². The molecule has 0 aliphatic rings. The van der Waals surface area contributed by atoms with E-state index < -0.39 is 9.84 Å². The molecule has 90 valence electrons. The average molecular weight is 236 g/mol. The van der Waals surface area contributed by atoms with Crippen LogP contribution in [0.15, 0.2) is 5.16 Å². The van der Waals surface area contributed by atoms with Gasteiger partial charge < -0.3 is 10.2 Å². The van der Waals surface area contributed by atoms with E-state index in [9.17, 15) is 8.42 Å². The molecule has 0 aromatic carbocycles. The van der Waals surface area contributed by atoms with E-state index in [1.807, 2.05) is 13.8 Å². The maximum Gasteiger partial charge on any atom is 0.148 e. The monoisotopic (exact) mass is 236 g/mol. The summed E-state index contributed by atoms with van der Waals surface area (Å²) < 4.78 is 21.5. The van der Waals surface area contributed by atoms with Crippen LogP contribution in [0.1, 0.15) is 13.8 Å². The predicted octanol–water partition coefficient (Wildman–Crippen LogP) is 0.279. The number of oxime groups is 1. The van der Waals surface area contributed by atoms with Gasteiger partial charge in [0.05, 0.1) is 5.75 Å². The van der Waals surface area contributed by atoms with E-state index in [1.165, 1.54) is 6.26 Å². The molecule has 0 unspecified atom stereocenters. The minimum absolute atomic E-state index is 0.155. The molecule has 0 atom stereocenters. The van der Waals surface area contributed by atoms with Crippen molar-refractivity contribution in [2.45, 2.75) is 13.8 Å². The molecule has 6 heteroatoms. The fraction of sp³-hybridized carbons (Fsp3) is 0.889.